The molecular formula is C11H13NO2S. The highest BCUT2D eigenvalue weighted by Crippen LogP contribution is 2.27. The number of benzene rings is 1. The van der Waals surface area contributed by atoms with Crippen LogP contribution in [0.3, 0.4) is 0 Å². The Morgan fingerprint density at radius 1 is 1.60 bits per heavy atom. The number of para-hydroxylation sites is 1. The SMILES string of the molecule is Cc1cccc(SC/C=C/C(=O)O)c1N. The topological polar surface area (TPSA) is 63.3 Å². The molecule has 80 valence electrons. The summed E-state index contributed by atoms with van der Waals surface area (Å²) in [4.78, 5) is 11.2. The molecule has 0 atom stereocenters. The first-order valence-electron chi connectivity index (χ1n) is 4.48. The Hall–Kier alpha value is -1.42. The normalized spacial score (nSPS) is 10.7. The van der Waals surface area contributed by atoms with Crippen LogP contribution >= 0.6 is 11.8 Å². The van der Waals surface area contributed by atoms with E-state index in [9.17, 15) is 4.79 Å². The number of thioether (sulfide) groups is 1. The first-order valence-corrected chi connectivity index (χ1v) is 5.47. The molecule has 0 heterocycles. The molecule has 4 heteroatoms. The van der Waals surface area contributed by atoms with Crippen LogP contribution in [-0.4, -0.2) is 16.8 Å². The van der Waals surface area contributed by atoms with Crippen molar-refractivity contribution in [1.82, 2.24) is 0 Å². The van der Waals surface area contributed by atoms with Gasteiger partial charge in [0.05, 0.1) is 0 Å². The minimum absolute atomic E-state index is 0.611. The Balaban J connectivity index is 2.58. The van der Waals surface area contributed by atoms with Crippen LogP contribution in [0.2, 0.25) is 0 Å². The molecule has 0 saturated carbocycles. The van der Waals surface area contributed by atoms with Crippen molar-refractivity contribution in [2.75, 3.05) is 11.5 Å². The van der Waals surface area contributed by atoms with E-state index in [1.165, 1.54) is 11.8 Å². The highest BCUT2D eigenvalue weighted by Gasteiger charge is 2.00. The van der Waals surface area contributed by atoms with Crippen molar-refractivity contribution >= 4 is 23.4 Å². The predicted molar refractivity (Wildman–Crippen MR) is 63.1 cm³/mol. The molecule has 0 amide bonds. The third kappa shape index (κ3) is 3.67. The number of anilines is 1. The van der Waals surface area contributed by atoms with Gasteiger partial charge in [0.1, 0.15) is 0 Å². The van der Waals surface area contributed by atoms with Crippen molar-refractivity contribution in [2.24, 2.45) is 0 Å². The monoisotopic (exact) mass is 223 g/mol. The summed E-state index contributed by atoms with van der Waals surface area (Å²) in [6.45, 7) is 1.95. The van der Waals surface area contributed by atoms with Crippen molar-refractivity contribution in [2.45, 2.75) is 11.8 Å². The number of carboxylic acid groups (broad SMARTS) is 1. The number of aryl methyl sites for hydroxylation is 1. The van der Waals surface area contributed by atoms with Gasteiger partial charge in [0.2, 0.25) is 0 Å². The maximum absolute atomic E-state index is 10.2. The summed E-state index contributed by atoms with van der Waals surface area (Å²) >= 11 is 1.53. The van der Waals surface area contributed by atoms with Crippen molar-refractivity contribution in [1.29, 1.82) is 0 Å². The lowest BCUT2D eigenvalue weighted by molar-refractivity contribution is -0.131. The lowest BCUT2D eigenvalue weighted by Crippen LogP contribution is -1.92. The molecule has 3 N–H and O–H groups in total. The van der Waals surface area contributed by atoms with Crippen LogP contribution in [0.1, 0.15) is 5.56 Å². The van der Waals surface area contributed by atoms with Crippen LogP contribution in [0.15, 0.2) is 35.2 Å². The quantitative estimate of drug-likeness (QED) is 0.467. The molecule has 0 aliphatic heterocycles. The minimum atomic E-state index is -0.923. The molecule has 0 aliphatic rings. The number of hydrogen-bond acceptors (Lipinski definition) is 3. The summed E-state index contributed by atoms with van der Waals surface area (Å²) < 4.78 is 0. The number of carboxylic acids is 1. The molecule has 0 aliphatic carbocycles. The van der Waals surface area contributed by atoms with E-state index in [2.05, 4.69) is 0 Å². The van der Waals surface area contributed by atoms with Crippen molar-refractivity contribution in [3.05, 3.63) is 35.9 Å². The van der Waals surface area contributed by atoms with E-state index in [1.807, 2.05) is 25.1 Å². The van der Waals surface area contributed by atoms with E-state index in [0.29, 0.717) is 5.75 Å². The van der Waals surface area contributed by atoms with Gasteiger partial charge in [-0.3, -0.25) is 0 Å². The maximum atomic E-state index is 10.2. The van der Waals surface area contributed by atoms with E-state index in [4.69, 9.17) is 10.8 Å². The standard InChI is InChI=1S/C11H13NO2S/c1-8-4-2-5-9(11(8)12)15-7-3-6-10(13)14/h2-6H,7,12H2,1H3,(H,13,14)/b6-3+. The van der Waals surface area contributed by atoms with Gasteiger partial charge in [-0.1, -0.05) is 18.2 Å². The van der Waals surface area contributed by atoms with Crippen LogP contribution in [-0.2, 0) is 4.79 Å². The van der Waals surface area contributed by atoms with Crippen LogP contribution in [0, 0.1) is 6.92 Å². The summed E-state index contributed by atoms with van der Waals surface area (Å²) in [7, 11) is 0. The second-order valence-corrected chi connectivity index (χ2v) is 4.10. The first kappa shape index (κ1) is 11.7. The van der Waals surface area contributed by atoms with Gasteiger partial charge in [-0.15, -0.1) is 11.8 Å². The molecule has 15 heavy (non-hydrogen) atoms. The zero-order valence-electron chi connectivity index (χ0n) is 8.43. The van der Waals surface area contributed by atoms with E-state index in [1.54, 1.807) is 6.08 Å². The van der Waals surface area contributed by atoms with Gasteiger partial charge in [-0.05, 0) is 18.6 Å². The zero-order valence-corrected chi connectivity index (χ0v) is 9.25. The van der Waals surface area contributed by atoms with E-state index in [-0.39, 0.29) is 0 Å². The van der Waals surface area contributed by atoms with Crippen molar-refractivity contribution < 1.29 is 9.90 Å². The molecule has 0 bridgehead atoms. The maximum Gasteiger partial charge on any atom is 0.328 e. The molecule has 1 rings (SSSR count). The molecule has 1 aromatic rings. The van der Waals surface area contributed by atoms with Gasteiger partial charge in [0.25, 0.3) is 0 Å². The fraction of sp³-hybridized carbons (Fsp3) is 0.182. The van der Waals surface area contributed by atoms with Crippen LogP contribution < -0.4 is 5.73 Å². The fourth-order valence-electron chi connectivity index (χ4n) is 1.07. The van der Waals surface area contributed by atoms with Gasteiger partial charge in [-0.25, -0.2) is 4.79 Å². The summed E-state index contributed by atoms with van der Waals surface area (Å²) in [6.07, 6.45) is 2.74. The van der Waals surface area contributed by atoms with Crippen LogP contribution in [0.5, 0.6) is 0 Å². The van der Waals surface area contributed by atoms with Crippen molar-refractivity contribution in [3.8, 4) is 0 Å². The first-order chi connectivity index (χ1) is 7.11. The van der Waals surface area contributed by atoms with E-state index >= 15 is 0 Å². The summed E-state index contributed by atoms with van der Waals surface area (Å²) in [5.41, 5.74) is 7.68. The highest BCUT2D eigenvalue weighted by molar-refractivity contribution is 7.99. The number of nitrogens with two attached hydrogens (primary N) is 1. The largest absolute Gasteiger partial charge is 0.478 e. The number of aliphatic carboxylic acids is 1. The van der Waals surface area contributed by atoms with Crippen LogP contribution in [0.25, 0.3) is 0 Å². The second kappa shape index (κ2) is 5.46. The number of nitrogen functional groups attached to an aromatic ring is 1. The summed E-state index contributed by atoms with van der Waals surface area (Å²) in [5.74, 6) is -0.312. The molecule has 3 nitrogen and oxygen atoms in total. The van der Waals surface area contributed by atoms with Crippen molar-refractivity contribution in [3.63, 3.8) is 0 Å². The Bertz CT molecular complexity index is 388. The Morgan fingerprint density at radius 3 is 3.00 bits per heavy atom. The Kier molecular flexibility index (Phi) is 4.24. The molecule has 0 radical (unpaired) electrons. The molecule has 0 spiro atoms. The number of carbonyl (C=O) groups is 1. The van der Waals surface area contributed by atoms with E-state index in [0.717, 1.165) is 22.2 Å². The molecule has 0 aromatic heterocycles. The molecule has 1 aromatic carbocycles. The summed E-state index contributed by atoms with van der Waals surface area (Å²) in [5, 5.41) is 8.39. The minimum Gasteiger partial charge on any atom is -0.478 e. The number of rotatable bonds is 4. The third-order valence-corrected chi connectivity index (χ3v) is 2.91. The summed E-state index contributed by atoms with van der Waals surface area (Å²) in [6, 6.07) is 5.82. The van der Waals surface area contributed by atoms with E-state index < -0.39 is 5.97 Å². The average Bonchev–Trinajstić information content (AvgIpc) is 2.18. The Labute approximate surface area is 93.0 Å². The van der Waals surface area contributed by atoms with Crippen LogP contribution in [0.4, 0.5) is 5.69 Å². The molecule has 0 unspecified atom stereocenters. The molecule has 0 saturated heterocycles. The van der Waals surface area contributed by atoms with Gasteiger partial charge < -0.3 is 10.8 Å². The lowest BCUT2D eigenvalue weighted by atomic mass is 10.2. The van der Waals surface area contributed by atoms with Gasteiger partial charge in [0, 0.05) is 22.4 Å². The van der Waals surface area contributed by atoms with Gasteiger partial charge in [-0.2, -0.15) is 0 Å². The second-order valence-electron chi connectivity index (χ2n) is 3.04. The smallest absolute Gasteiger partial charge is 0.328 e. The molecular weight excluding hydrogens is 210 g/mol. The Morgan fingerprint density at radius 2 is 2.33 bits per heavy atom. The highest BCUT2D eigenvalue weighted by atomic mass is 32.2. The lowest BCUT2D eigenvalue weighted by Gasteiger charge is -2.05. The fourth-order valence-corrected chi connectivity index (χ4v) is 1.93. The van der Waals surface area contributed by atoms with Gasteiger partial charge in [0.15, 0.2) is 0 Å². The average molecular weight is 223 g/mol. The predicted octanol–water partition coefficient (Wildman–Crippen LogP) is 2.31. The number of hydrogen-bond donors (Lipinski definition) is 2. The van der Waals surface area contributed by atoms with Gasteiger partial charge >= 0.3 is 5.97 Å². The molecule has 0 fully saturated rings. The zero-order chi connectivity index (χ0) is 11.3. The third-order valence-electron chi connectivity index (χ3n) is 1.88.